The van der Waals surface area contributed by atoms with Gasteiger partial charge < -0.3 is 5.32 Å². The summed E-state index contributed by atoms with van der Waals surface area (Å²) in [6.07, 6.45) is 3.41. The Bertz CT molecular complexity index is 1040. The van der Waals surface area contributed by atoms with Crippen molar-refractivity contribution in [2.75, 3.05) is 10.2 Å². The van der Waals surface area contributed by atoms with Gasteiger partial charge in [-0.2, -0.15) is 0 Å². The lowest BCUT2D eigenvalue weighted by atomic mass is 9.73. The van der Waals surface area contributed by atoms with Gasteiger partial charge in [0.2, 0.25) is 5.91 Å². The van der Waals surface area contributed by atoms with Gasteiger partial charge in [0.1, 0.15) is 0 Å². The van der Waals surface area contributed by atoms with E-state index < -0.39 is 6.04 Å². The van der Waals surface area contributed by atoms with E-state index in [1.165, 1.54) is 0 Å². The second kappa shape index (κ2) is 8.51. The van der Waals surface area contributed by atoms with E-state index in [9.17, 15) is 9.59 Å². The molecule has 0 bridgehead atoms. The van der Waals surface area contributed by atoms with Gasteiger partial charge in [0.15, 0.2) is 5.78 Å². The lowest BCUT2D eigenvalue weighted by Gasteiger charge is -2.37. The van der Waals surface area contributed by atoms with Crippen molar-refractivity contribution in [3.8, 4) is 0 Å². The van der Waals surface area contributed by atoms with E-state index >= 15 is 0 Å². The molecule has 0 fully saturated rings. The zero-order valence-corrected chi connectivity index (χ0v) is 19.1. The van der Waals surface area contributed by atoms with Crippen LogP contribution in [0.5, 0.6) is 0 Å². The summed E-state index contributed by atoms with van der Waals surface area (Å²) in [5.41, 5.74) is 4.05. The molecule has 1 amide bonds. The molecule has 4 nitrogen and oxygen atoms in total. The highest BCUT2D eigenvalue weighted by Gasteiger charge is 2.42. The molecule has 2 aromatic carbocycles. The third-order valence-electron chi connectivity index (χ3n) is 6.10. The Morgan fingerprint density at radius 2 is 1.84 bits per heavy atom. The smallest absolute Gasteiger partial charge is 0.227 e. The van der Waals surface area contributed by atoms with Crippen LogP contribution >= 0.6 is 11.6 Å². The van der Waals surface area contributed by atoms with Crippen LogP contribution in [-0.2, 0) is 9.59 Å². The molecule has 1 aliphatic carbocycles. The average Bonchev–Trinajstić information content (AvgIpc) is 2.86. The van der Waals surface area contributed by atoms with Gasteiger partial charge in [-0.05, 0) is 48.1 Å². The molecule has 2 aromatic rings. The Kier molecular flexibility index (Phi) is 5.94. The first-order valence-corrected chi connectivity index (χ1v) is 11.4. The van der Waals surface area contributed by atoms with Gasteiger partial charge >= 0.3 is 0 Å². The summed E-state index contributed by atoms with van der Waals surface area (Å²) in [7, 11) is 0. The van der Waals surface area contributed by atoms with Crippen LogP contribution in [0.2, 0.25) is 5.02 Å². The van der Waals surface area contributed by atoms with E-state index in [1.54, 1.807) is 0 Å². The molecule has 0 saturated heterocycles. The molecular formula is C26H29ClN2O2. The number of Topliss-reactive ketones (excluding diaryl/α,β-unsaturated/α-hetero) is 1. The molecule has 4 rings (SSSR count). The predicted octanol–water partition coefficient (Wildman–Crippen LogP) is 6.67. The van der Waals surface area contributed by atoms with Crippen molar-refractivity contribution < 1.29 is 9.59 Å². The van der Waals surface area contributed by atoms with Crippen LogP contribution in [-0.4, -0.2) is 11.7 Å². The minimum atomic E-state index is -0.476. The average molecular weight is 437 g/mol. The van der Waals surface area contributed by atoms with Crippen LogP contribution in [0, 0.1) is 5.41 Å². The summed E-state index contributed by atoms with van der Waals surface area (Å²) in [5.74, 6) is 0.127. The number of halogens is 1. The van der Waals surface area contributed by atoms with Gasteiger partial charge in [-0.15, -0.1) is 0 Å². The monoisotopic (exact) mass is 436 g/mol. The highest BCUT2D eigenvalue weighted by Crippen LogP contribution is 2.48. The van der Waals surface area contributed by atoms with Crippen LogP contribution in [0.3, 0.4) is 0 Å². The molecule has 0 radical (unpaired) electrons. The van der Waals surface area contributed by atoms with Crippen molar-refractivity contribution in [1.82, 2.24) is 0 Å². The second-order valence-corrected chi connectivity index (χ2v) is 9.73. The molecule has 1 unspecified atom stereocenters. The standard InChI is InChI=1S/C26H29ClN2O2/c1-4-5-10-23(31)29-21-9-7-6-8-19(21)28-20-15-26(2,3)16-22(30)24(20)25(29)17-11-13-18(27)14-12-17/h6-9,11-14,25,28H,4-5,10,15-16H2,1-3H3. The highest BCUT2D eigenvalue weighted by molar-refractivity contribution is 6.30. The minimum absolute atomic E-state index is 0.0300. The van der Waals surface area contributed by atoms with Crippen molar-refractivity contribution in [3.63, 3.8) is 0 Å². The molecule has 31 heavy (non-hydrogen) atoms. The number of rotatable bonds is 4. The third kappa shape index (κ3) is 4.27. The Hall–Kier alpha value is -2.59. The van der Waals surface area contributed by atoms with Crippen molar-refractivity contribution in [1.29, 1.82) is 0 Å². The Labute approximate surface area is 189 Å². The number of ketones is 1. The number of anilines is 2. The number of fused-ring (bicyclic) bond motifs is 1. The number of carbonyl (C=O) groups is 2. The number of hydrogen-bond donors (Lipinski definition) is 1. The third-order valence-corrected chi connectivity index (χ3v) is 6.35. The van der Waals surface area contributed by atoms with Crippen molar-refractivity contribution in [3.05, 3.63) is 70.4 Å². The zero-order valence-electron chi connectivity index (χ0n) is 18.4. The number of amides is 1. The number of hydrogen-bond acceptors (Lipinski definition) is 3. The molecule has 0 aromatic heterocycles. The number of carbonyl (C=O) groups excluding carboxylic acids is 2. The SMILES string of the molecule is CCCCC(=O)N1c2ccccc2NC2=C(C(=O)CC(C)(C)C2)C1c1ccc(Cl)cc1. The first-order valence-electron chi connectivity index (χ1n) is 11.0. The summed E-state index contributed by atoms with van der Waals surface area (Å²) in [6, 6.07) is 14.9. The summed E-state index contributed by atoms with van der Waals surface area (Å²) in [6.45, 7) is 6.32. The van der Waals surface area contributed by atoms with Crippen LogP contribution in [0.15, 0.2) is 59.8 Å². The van der Waals surface area contributed by atoms with Crippen molar-refractivity contribution >= 4 is 34.7 Å². The Morgan fingerprint density at radius 1 is 1.13 bits per heavy atom. The molecule has 1 aliphatic heterocycles. The summed E-state index contributed by atoms with van der Waals surface area (Å²) < 4.78 is 0. The lowest BCUT2D eigenvalue weighted by Crippen LogP contribution is -2.39. The Balaban J connectivity index is 1.96. The maximum absolute atomic E-state index is 13.6. The Morgan fingerprint density at radius 3 is 2.55 bits per heavy atom. The minimum Gasteiger partial charge on any atom is -0.357 e. The molecule has 1 atom stereocenters. The first kappa shape index (κ1) is 21.6. The second-order valence-electron chi connectivity index (χ2n) is 9.30. The van der Waals surface area contributed by atoms with E-state index in [2.05, 4.69) is 26.1 Å². The van der Waals surface area contributed by atoms with E-state index in [1.807, 2.05) is 53.4 Å². The van der Waals surface area contributed by atoms with Crippen LogP contribution < -0.4 is 10.2 Å². The largest absolute Gasteiger partial charge is 0.357 e. The molecule has 1 N–H and O–H groups in total. The summed E-state index contributed by atoms with van der Waals surface area (Å²) in [5, 5.41) is 4.17. The number of nitrogens with one attached hydrogen (secondary N) is 1. The quantitative estimate of drug-likeness (QED) is 0.581. The first-order chi connectivity index (χ1) is 14.8. The number of para-hydroxylation sites is 2. The molecule has 1 heterocycles. The number of nitrogens with zero attached hydrogens (tertiary/aromatic N) is 1. The van der Waals surface area contributed by atoms with E-state index in [0.717, 1.165) is 41.9 Å². The zero-order chi connectivity index (χ0) is 22.2. The molecule has 2 aliphatic rings. The van der Waals surface area contributed by atoms with Crippen LogP contribution in [0.1, 0.15) is 64.5 Å². The maximum atomic E-state index is 13.6. The van der Waals surface area contributed by atoms with Gasteiger partial charge in [-0.3, -0.25) is 14.5 Å². The maximum Gasteiger partial charge on any atom is 0.227 e. The summed E-state index contributed by atoms with van der Waals surface area (Å²) >= 11 is 6.16. The topological polar surface area (TPSA) is 49.4 Å². The fraction of sp³-hybridized carbons (Fsp3) is 0.385. The fourth-order valence-corrected chi connectivity index (χ4v) is 4.80. The van der Waals surface area contributed by atoms with Crippen molar-refractivity contribution in [2.45, 2.75) is 58.9 Å². The number of unbranched alkanes of at least 4 members (excludes halogenated alkanes) is 1. The van der Waals surface area contributed by atoms with Gasteiger partial charge in [-0.1, -0.05) is 63.1 Å². The molecule has 5 heteroatoms. The van der Waals surface area contributed by atoms with Gasteiger partial charge in [0.05, 0.1) is 17.4 Å². The van der Waals surface area contributed by atoms with Gasteiger partial charge in [-0.25, -0.2) is 0 Å². The predicted molar refractivity (Wildman–Crippen MR) is 126 cm³/mol. The normalized spacial score (nSPS) is 19.9. The summed E-state index contributed by atoms with van der Waals surface area (Å²) in [4.78, 5) is 28.9. The lowest BCUT2D eigenvalue weighted by molar-refractivity contribution is -0.119. The van der Waals surface area contributed by atoms with Crippen LogP contribution in [0.25, 0.3) is 0 Å². The molecule has 0 spiro atoms. The van der Waals surface area contributed by atoms with E-state index in [-0.39, 0.29) is 17.1 Å². The van der Waals surface area contributed by atoms with Crippen LogP contribution in [0.4, 0.5) is 11.4 Å². The molecular weight excluding hydrogens is 408 g/mol. The van der Waals surface area contributed by atoms with E-state index in [4.69, 9.17) is 11.6 Å². The van der Waals surface area contributed by atoms with Crippen molar-refractivity contribution in [2.24, 2.45) is 5.41 Å². The highest BCUT2D eigenvalue weighted by atomic mass is 35.5. The fourth-order valence-electron chi connectivity index (χ4n) is 4.67. The van der Waals surface area contributed by atoms with E-state index in [0.29, 0.717) is 23.4 Å². The number of allylic oxidation sites excluding steroid dienone is 1. The van der Waals surface area contributed by atoms with Gasteiger partial charge in [0.25, 0.3) is 0 Å². The number of benzene rings is 2. The molecule has 162 valence electrons. The molecule has 0 saturated carbocycles. The van der Waals surface area contributed by atoms with Gasteiger partial charge in [0, 0.05) is 29.1 Å².